The van der Waals surface area contributed by atoms with Gasteiger partial charge in [-0.3, -0.25) is 9.69 Å². The highest BCUT2D eigenvalue weighted by molar-refractivity contribution is 5.76. The van der Waals surface area contributed by atoms with E-state index < -0.39 is 0 Å². The third kappa shape index (κ3) is 4.58. The Kier molecular flexibility index (Phi) is 5.45. The maximum atomic E-state index is 11.9. The van der Waals surface area contributed by atoms with Gasteiger partial charge in [0.2, 0.25) is 5.91 Å². The van der Waals surface area contributed by atoms with Gasteiger partial charge in [0.25, 0.3) is 0 Å². The highest BCUT2D eigenvalue weighted by Gasteiger charge is 2.28. The Morgan fingerprint density at radius 3 is 2.44 bits per heavy atom. The maximum Gasteiger partial charge on any atom is 0.221 e. The summed E-state index contributed by atoms with van der Waals surface area (Å²) in [6.45, 7) is 1.70. The number of aliphatic hydroxyl groups is 1. The van der Waals surface area contributed by atoms with Gasteiger partial charge < -0.3 is 10.4 Å². The van der Waals surface area contributed by atoms with Crippen molar-refractivity contribution in [3.8, 4) is 0 Å². The van der Waals surface area contributed by atoms with Gasteiger partial charge in [0.1, 0.15) is 0 Å². The van der Waals surface area contributed by atoms with Crippen molar-refractivity contribution in [1.82, 2.24) is 10.2 Å². The molecule has 0 radical (unpaired) electrons. The molecule has 4 nitrogen and oxygen atoms in total. The van der Waals surface area contributed by atoms with Crippen LogP contribution in [0.5, 0.6) is 0 Å². The summed E-state index contributed by atoms with van der Waals surface area (Å²) in [5.41, 5.74) is 0. The topological polar surface area (TPSA) is 52.6 Å². The molecule has 0 aromatic rings. The molecule has 0 heterocycles. The van der Waals surface area contributed by atoms with Crippen molar-refractivity contribution in [3.63, 3.8) is 0 Å². The van der Waals surface area contributed by atoms with E-state index in [1.54, 1.807) is 0 Å². The Bertz CT molecular complexity index is 261. The van der Waals surface area contributed by atoms with E-state index in [9.17, 15) is 4.79 Å². The zero-order chi connectivity index (χ0) is 12.8. The van der Waals surface area contributed by atoms with Crippen molar-refractivity contribution in [2.24, 2.45) is 0 Å². The van der Waals surface area contributed by atoms with Crippen molar-refractivity contribution in [1.29, 1.82) is 0 Å². The number of amides is 1. The molecule has 2 fully saturated rings. The minimum atomic E-state index is 0.186. The third-order valence-corrected chi connectivity index (χ3v) is 4.05. The van der Waals surface area contributed by atoms with E-state index in [2.05, 4.69) is 10.2 Å². The van der Waals surface area contributed by atoms with Gasteiger partial charge in [-0.15, -0.1) is 0 Å². The molecule has 104 valence electrons. The summed E-state index contributed by atoms with van der Waals surface area (Å²) >= 11 is 0. The van der Waals surface area contributed by atoms with Gasteiger partial charge in [-0.1, -0.05) is 19.3 Å². The molecule has 0 saturated heterocycles. The fraction of sp³-hybridized carbons (Fsp3) is 0.929. The summed E-state index contributed by atoms with van der Waals surface area (Å²) in [6.07, 6.45) is 9.15. The maximum absolute atomic E-state index is 11.9. The average Bonchev–Trinajstić information content (AvgIpc) is 3.20. The van der Waals surface area contributed by atoms with E-state index in [0.29, 0.717) is 25.0 Å². The molecule has 0 atom stereocenters. The van der Waals surface area contributed by atoms with Gasteiger partial charge in [-0.05, 0) is 25.7 Å². The zero-order valence-corrected chi connectivity index (χ0v) is 11.2. The summed E-state index contributed by atoms with van der Waals surface area (Å²) in [6, 6.07) is 1.04. The Labute approximate surface area is 110 Å². The first kappa shape index (κ1) is 13.8. The van der Waals surface area contributed by atoms with Crippen molar-refractivity contribution >= 4 is 5.91 Å². The van der Waals surface area contributed by atoms with Gasteiger partial charge in [0.05, 0.1) is 6.61 Å². The largest absolute Gasteiger partial charge is 0.395 e. The normalized spacial score (nSPS) is 21.2. The van der Waals surface area contributed by atoms with Crippen LogP contribution in [0.2, 0.25) is 0 Å². The van der Waals surface area contributed by atoms with Crippen LogP contribution in [0.4, 0.5) is 0 Å². The molecule has 2 aliphatic carbocycles. The van der Waals surface area contributed by atoms with Crippen LogP contribution in [0.1, 0.15) is 51.4 Å². The quantitative estimate of drug-likeness (QED) is 0.719. The lowest BCUT2D eigenvalue weighted by Crippen LogP contribution is -2.39. The molecule has 0 bridgehead atoms. The van der Waals surface area contributed by atoms with E-state index in [1.807, 2.05) is 0 Å². The highest BCUT2D eigenvalue weighted by atomic mass is 16.3. The molecular formula is C14H26N2O2. The van der Waals surface area contributed by atoms with Gasteiger partial charge in [-0.25, -0.2) is 0 Å². The molecule has 1 amide bonds. The highest BCUT2D eigenvalue weighted by Crippen LogP contribution is 2.26. The molecule has 2 N–H and O–H groups in total. The van der Waals surface area contributed by atoms with Crippen LogP contribution in [0, 0.1) is 0 Å². The third-order valence-electron chi connectivity index (χ3n) is 4.05. The van der Waals surface area contributed by atoms with E-state index in [1.165, 1.54) is 32.1 Å². The first-order valence-corrected chi connectivity index (χ1v) is 7.44. The zero-order valence-electron chi connectivity index (χ0n) is 11.2. The van der Waals surface area contributed by atoms with Crippen LogP contribution in [0.25, 0.3) is 0 Å². The second kappa shape index (κ2) is 7.10. The Morgan fingerprint density at radius 1 is 1.11 bits per heavy atom. The van der Waals surface area contributed by atoms with Crippen LogP contribution in [-0.2, 0) is 4.79 Å². The Morgan fingerprint density at radius 2 is 1.83 bits per heavy atom. The van der Waals surface area contributed by atoms with Gasteiger partial charge >= 0.3 is 0 Å². The minimum absolute atomic E-state index is 0.186. The number of carbonyl (C=O) groups is 1. The average molecular weight is 254 g/mol. The Balaban J connectivity index is 1.63. The van der Waals surface area contributed by atoms with Crippen LogP contribution < -0.4 is 5.32 Å². The number of rotatable bonds is 7. The molecule has 0 unspecified atom stereocenters. The summed E-state index contributed by atoms with van der Waals surface area (Å²) in [5.74, 6) is 0.186. The molecule has 0 spiro atoms. The van der Waals surface area contributed by atoms with Crippen LogP contribution >= 0.6 is 0 Å². The SMILES string of the molecule is O=C(CCN(CCO)C1CC1)NC1CCCCC1. The first-order chi connectivity index (χ1) is 8.79. The van der Waals surface area contributed by atoms with E-state index in [0.717, 1.165) is 19.4 Å². The molecule has 0 aromatic carbocycles. The molecule has 4 heteroatoms. The fourth-order valence-electron chi connectivity index (χ4n) is 2.84. The number of nitrogens with zero attached hydrogens (tertiary/aromatic N) is 1. The van der Waals surface area contributed by atoms with Crippen molar-refractivity contribution in [3.05, 3.63) is 0 Å². The number of carbonyl (C=O) groups excluding carboxylic acids is 1. The number of hydrogen-bond acceptors (Lipinski definition) is 3. The lowest BCUT2D eigenvalue weighted by molar-refractivity contribution is -0.122. The molecule has 2 rings (SSSR count). The van der Waals surface area contributed by atoms with Gasteiger partial charge in [0, 0.05) is 31.6 Å². The molecule has 0 aromatic heterocycles. The Hall–Kier alpha value is -0.610. The lowest BCUT2D eigenvalue weighted by atomic mass is 9.95. The van der Waals surface area contributed by atoms with Crippen LogP contribution in [0.3, 0.4) is 0 Å². The van der Waals surface area contributed by atoms with Crippen LogP contribution in [0.15, 0.2) is 0 Å². The van der Waals surface area contributed by atoms with Crippen molar-refractivity contribution < 1.29 is 9.90 Å². The van der Waals surface area contributed by atoms with Crippen molar-refractivity contribution in [2.75, 3.05) is 19.7 Å². The number of aliphatic hydroxyl groups excluding tert-OH is 1. The summed E-state index contributed by atoms with van der Waals surface area (Å²) < 4.78 is 0. The molecule has 18 heavy (non-hydrogen) atoms. The van der Waals surface area contributed by atoms with E-state index >= 15 is 0 Å². The van der Waals surface area contributed by atoms with E-state index in [4.69, 9.17) is 5.11 Å². The van der Waals surface area contributed by atoms with Crippen LogP contribution in [-0.4, -0.2) is 47.7 Å². The summed E-state index contributed by atoms with van der Waals surface area (Å²) in [5, 5.41) is 12.1. The summed E-state index contributed by atoms with van der Waals surface area (Å²) in [4.78, 5) is 14.1. The second-order valence-electron chi connectivity index (χ2n) is 5.64. The predicted octanol–water partition coefficient (Wildman–Crippen LogP) is 1.28. The van der Waals surface area contributed by atoms with E-state index in [-0.39, 0.29) is 12.5 Å². The minimum Gasteiger partial charge on any atom is -0.395 e. The fourth-order valence-corrected chi connectivity index (χ4v) is 2.84. The number of nitrogens with one attached hydrogen (secondary N) is 1. The predicted molar refractivity (Wildman–Crippen MR) is 71.3 cm³/mol. The smallest absolute Gasteiger partial charge is 0.221 e. The molecule has 0 aliphatic heterocycles. The molecule has 2 saturated carbocycles. The standard InChI is InChI=1S/C14H26N2O2/c17-11-10-16(13-6-7-13)9-8-14(18)15-12-4-2-1-3-5-12/h12-13,17H,1-11H2,(H,15,18). The first-order valence-electron chi connectivity index (χ1n) is 7.44. The number of hydrogen-bond donors (Lipinski definition) is 2. The van der Waals surface area contributed by atoms with Gasteiger partial charge in [0.15, 0.2) is 0 Å². The van der Waals surface area contributed by atoms with Gasteiger partial charge in [-0.2, -0.15) is 0 Å². The molecule has 2 aliphatic rings. The lowest BCUT2D eigenvalue weighted by Gasteiger charge is -2.24. The molecular weight excluding hydrogens is 228 g/mol. The monoisotopic (exact) mass is 254 g/mol. The van der Waals surface area contributed by atoms with Crippen molar-refractivity contribution in [2.45, 2.75) is 63.5 Å². The summed E-state index contributed by atoms with van der Waals surface area (Å²) in [7, 11) is 0. The second-order valence-corrected chi connectivity index (χ2v) is 5.64.